The van der Waals surface area contributed by atoms with Gasteiger partial charge in [-0.1, -0.05) is 24.3 Å². The van der Waals surface area contributed by atoms with Gasteiger partial charge >= 0.3 is 0 Å². The highest BCUT2D eigenvalue weighted by molar-refractivity contribution is 5.62. The summed E-state index contributed by atoms with van der Waals surface area (Å²) >= 11 is 0. The second-order valence-corrected chi connectivity index (χ2v) is 3.72. The summed E-state index contributed by atoms with van der Waals surface area (Å²) in [6.07, 6.45) is -1.01. The van der Waals surface area contributed by atoms with Crippen LogP contribution in [-0.4, -0.2) is 21.9 Å². The Morgan fingerprint density at radius 3 is 2.53 bits per heavy atom. The topological polar surface area (TPSA) is 73.8 Å². The summed E-state index contributed by atoms with van der Waals surface area (Å²) in [4.78, 5) is 0. The van der Waals surface area contributed by atoms with Gasteiger partial charge in [-0.3, -0.25) is 0 Å². The zero-order chi connectivity index (χ0) is 12.3. The van der Waals surface area contributed by atoms with E-state index in [1.807, 2.05) is 18.2 Å². The van der Waals surface area contributed by atoms with Crippen LogP contribution in [0.5, 0.6) is 0 Å². The third-order valence-electron chi connectivity index (χ3n) is 2.58. The summed E-state index contributed by atoms with van der Waals surface area (Å²) in [5.41, 5.74) is 1.54. The maximum atomic E-state index is 9.42. The van der Waals surface area contributed by atoms with Crippen molar-refractivity contribution in [1.82, 2.24) is 0 Å². The third kappa shape index (κ3) is 2.39. The summed E-state index contributed by atoms with van der Waals surface area (Å²) in [6, 6.07) is 10.6. The smallest absolute Gasteiger partial charge is 0.135 e. The molecule has 90 valence electrons. The average molecular weight is 234 g/mol. The molecule has 0 radical (unpaired) electrons. The summed E-state index contributed by atoms with van der Waals surface area (Å²) in [7, 11) is 0. The van der Waals surface area contributed by atoms with Crippen LogP contribution in [0.4, 0.5) is 0 Å². The minimum Gasteiger partial charge on any atom is -0.458 e. The first-order valence-electron chi connectivity index (χ1n) is 5.34. The van der Waals surface area contributed by atoms with E-state index in [0.717, 1.165) is 11.1 Å². The zero-order valence-corrected chi connectivity index (χ0v) is 9.21. The van der Waals surface area contributed by atoms with Gasteiger partial charge in [0.1, 0.15) is 17.6 Å². The van der Waals surface area contributed by atoms with Gasteiger partial charge in [-0.25, -0.2) is 0 Å². The molecule has 1 atom stereocenters. The molecule has 0 aliphatic heterocycles. The van der Waals surface area contributed by atoms with Crippen LogP contribution < -0.4 is 0 Å². The molecule has 0 fully saturated rings. The fourth-order valence-corrected chi connectivity index (χ4v) is 1.67. The molecule has 4 nitrogen and oxygen atoms in total. The first-order chi connectivity index (χ1) is 8.26. The van der Waals surface area contributed by atoms with E-state index in [1.165, 1.54) is 0 Å². The van der Waals surface area contributed by atoms with Crippen LogP contribution in [0.1, 0.15) is 17.4 Å². The van der Waals surface area contributed by atoms with Gasteiger partial charge in [0.25, 0.3) is 0 Å². The highest BCUT2D eigenvalue weighted by Gasteiger charge is 2.13. The standard InChI is InChI=1S/C13H14O4/c14-7-9-3-1-2-4-10(9)12-5-6-13(17-12)11(16)8-15/h1-6,11,14-16H,7-8H2/t11-/m1/s1. The van der Waals surface area contributed by atoms with Crippen molar-refractivity contribution in [1.29, 1.82) is 0 Å². The number of hydrogen-bond acceptors (Lipinski definition) is 4. The average Bonchev–Trinajstić information content (AvgIpc) is 2.87. The maximum Gasteiger partial charge on any atom is 0.135 e. The van der Waals surface area contributed by atoms with Crippen molar-refractivity contribution in [2.45, 2.75) is 12.7 Å². The van der Waals surface area contributed by atoms with Crippen molar-refractivity contribution in [2.24, 2.45) is 0 Å². The van der Waals surface area contributed by atoms with E-state index in [1.54, 1.807) is 18.2 Å². The number of aliphatic hydroxyl groups is 3. The molecule has 2 aromatic rings. The molecule has 0 amide bonds. The molecule has 1 aromatic heterocycles. The van der Waals surface area contributed by atoms with E-state index in [4.69, 9.17) is 9.52 Å². The lowest BCUT2D eigenvalue weighted by Crippen LogP contribution is -2.00. The summed E-state index contributed by atoms with van der Waals surface area (Å²) < 4.78 is 5.44. The Kier molecular flexibility index (Phi) is 3.58. The van der Waals surface area contributed by atoms with Gasteiger partial charge in [0.2, 0.25) is 0 Å². The van der Waals surface area contributed by atoms with Gasteiger partial charge in [0.15, 0.2) is 0 Å². The lowest BCUT2D eigenvalue weighted by atomic mass is 10.1. The van der Waals surface area contributed by atoms with E-state index in [9.17, 15) is 10.2 Å². The Morgan fingerprint density at radius 2 is 1.82 bits per heavy atom. The highest BCUT2D eigenvalue weighted by Crippen LogP contribution is 2.27. The molecule has 0 unspecified atom stereocenters. The summed E-state index contributed by atoms with van der Waals surface area (Å²) in [5.74, 6) is 0.882. The second kappa shape index (κ2) is 5.14. The highest BCUT2D eigenvalue weighted by atomic mass is 16.4. The van der Waals surface area contributed by atoms with Crippen LogP contribution in [-0.2, 0) is 6.61 Å². The molecule has 4 heteroatoms. The van der Waals surface area contributed by atoms with Crippen LogP contribution in [0.2, 0.25) is 0 Å². The maximum absolute atomic E-state index is 9.42. The Labute approximate surface area is 98.8 Å². The van der Waals surface area contributed by atoms with E-state index in [-0.39, 0.29) is 13.2 Å². The first kappa shape index (κ1) is 11.9. The Morgan fingerprint density at radius 1 is 1.06 bits per heavy atom. The molecule has 2 rings (SSSR count). The Hall–Kier alpha value is -1.62. The summed E-state index contributed by atoms with van der Waals surface area (Å²) in [5, 5.41) is 27.5. The molecule has 0 saturated carbocycles. The van der Waals surface area contributed by atoms with Crippen LogP contribution in [0.15, 0.2) is 40.8 Å². The van der Waals surface area contributed by atoms with Crippen molar-refractivity contribution in [3.05, 3.63) is 47.7 Å². The fourth-order valence-electron chi connectivity index (χ4n) is 1.67. The number of rotatable bonds is 4. The molecule has 1 aromatic carbocycles. The Balaban J connectivity index is 2.37. The van der Waals surface area contributed by atoms with Crippen molar-refractivity contribution >= 4 is 0 Å². The molecular weight excluding hydrogens is 220 g/mol. The number of aliphatic hydroxyl groups excluding tert-OH is 3. The number of benzene rings is 1. The van der Waals surface area contributed by atoms with Gasteiger partial charge < -0.3 is 19.7 Å². The molecule has 3 N–H and O–H groups in total. The molecular formula is C13H14O4. The number of hydrogen-bond donors (Lipinski definition) is 3. The minimum atomic E-state index is -1.01. The van der Waals surface area contributed by atoms with Gasteiger partial charge in [-0.2, -0.15) is 0 Å². The fraction of sp³-hybridized carbons (Fsp3) is 0.231. The molecule has 0 spiro atoms. The molecule has 0 saturated heterocycles. The van der Waals surface area contributed by atoms with E-state index in [0.29, 0.717) is 11.5 Å². The van der Waals surface area contributed by atoms with E-state index >= 15 is 0 Å². The van der Waals surface area contributed by atoms with E-state index in [2.05, 4.69) is 0 Å². The predicted molar refractivity (Wildman–Crippen MR) is 62.1 cm³/mol. The lowest BCUT2D eigenvalue weighted by Gasteiger charge is -2.05. The molecule has 0 bridgehead atoms. The first-order valence-corrected chi connectivity index (χ1v) is 5.34. The quantitative estimate of drug-likeness (QED) is 0.748. The minimum absolute atomic E-state index is 0.0746. The Bertz CT molecular complexity index is 490. The van der Waals surface area contributed by atoms with Gasteiger partial charge in [0.05, 0.1) is 13.2 Å². The van der Waals surface area contributed by atoms with Crippen molar-refractivity contribution in [2.75, 3.05) is 6.61 Å². The van der Waals surface area contributed by atoms with Crippen molar-refractivity contribution in [3.8, 4) is 11.3 Å². The van der Waals surface area contributed by atoms with Crippen LogP contribution >= 0.6 is 0 Å². The molecule has 0 aliphatic carbocycles. The third-order valence-corrected chi connectivity index (χ3v) is 2.58. The van der Waals surface area contributed by atoms with Crippen molar-refractivity contribution < 1.29 is 19.7 Å². The molecule has 0 aliphatic rings. The van der Waals surface area contributed by atoms with Gasteiger partial charge in [-0.05, 0) is 17.7 Å². The second-order valence-electron chi connectivity index (χ2n) is 3.72. The van der Waals surface area contributed by atoms with Crippen LogP contribution in [0, 0.1) is 0 Å². The van der Waals surface area contributed by atoms with Gasteiger partial charge in [0, 0.05) is 5.56 Å². The number of furan rings is 1. The monoisotopic (exact) mass is 234 g/mol. The van der Waals surface area contributed by atoms with Crippen molar-refractivity contribution in [3.63, 3.8) is 0 Å². The lowest BCUT2D eigenvalue weighted by molar-refractivity contribution is 0.0781. The van der Waals surface area contributed by atoms with E-state index < -0.39 is 6.10 Å². The zero-order valence-electron chi connectivity index (χ0n) is 9.21. The molecule has 1 heterocycles. The van der Waals surface area contributed by atoms with Crippen LogP contribution in [0.3, 0.4) is 0 Å². The predicted octanol–water partition coefficient (Wildman–Crippen LogP) is 1.46. The largest absolute Gasteiger partial charge is 0.458 e. The normalized spacial score (nSPS) is 12.6. The SMILES string of the molecule is OCc1ccccc1-c1ccc([C@H](O)CO)o1. The molecule has 17 heavy (non-hydrogen) atoms. The van der Waals surface area contributed by atoms with Crippen LogP contribution in [0.25, 0.3) is 11.3 Å². The summed E-state index contributed by atoms with van der Waals surface area (Å²) in [6.45, 7) is -0.455. The van der Waals surface area contributed by atoms with Gasteiger partial charge in [-0.15, -0.1) is 0 Å².